The van der Waals surface area contributed by atoms with Gasteiger partial charge in [-0.1, -0.05) is 5.11 Å². The molecule has 0 radical (unpaired) electrons. The fourth-order valence-electron chi connectivity index (χ4n) is 0.564. The van der Waals surface area contributed by atoms with Gasteiger partial charge >= 0.3 is 0 Å². The number of aromatic nitrogens is 3. The molecule has 6 heteroatoms. The maximum absolute atomic E-state index is 7.94. The predicted molar refractivity (Wildman–Crippen MR) is 33.9 cm³/mol. The topological polar surface area (TPSA) is 79.5 Å². The Kier molecular flexibility index (Phi) is 1.86. The van der Waals surface area contributed by atoms with Crippen LogP contribution in [0.3, 0.4) is 0 Å². The first-order valence-corrected chi connectivity index (χ1v) is 2.69. The minimum atomic E-state index is 0.268. The van der Waals surface area contributed by atoms with Crippen molar-refractivity contribution in [1.82, 2.24) is 15.0 Å². The highest BCUT2D eigenvalue weighted by Gasteiger charge is 1.92. The molecule has 0 atom stereocenters. The molecule has 0 saturated carbocycles. The molecule has 0 fully saturated rings. The SMILES string of the molecule is Cn1ncc(CN=[N+]=[N-])n1. The summed E-state index contributed by atoms with van der Waals surface area (Å²) in [5.41, 5.74) is 8.62. The second-order valence-corrected chi connectivity index (χ2v) is 1.71. The van der Waals surface area contributed by atoms with E-state index in [9.17, 15) is 0 Å². The van der Waals surface area contributed by atoms with Gasteiger partial charge in [0.1, 0.15) is 0 Å². The Morgan fingerprint density at radius 3 is 3.20 bits per heavy atom. The van der Waals surface area contributed by atoms with Gasteiger partial charge in [-0.2, -0.15) is 15.0 Å². The summed E-state index contributed by atoms with van der Waals surface area (Å²) in [5.74, 6) is 0. The highest BCUT2D eigenvalue weighted by Crippen LogP contribution is 1.92. The molecule has 0 bridgehead atoms. The van der Waals surface area contributed by atoms with Crippen LogP contribution < -0.4 is 0 Å². The molecule has 52 valence electrons. The summed E-state index contributed by atoms with van der Waals surface area (Å²) < 4.78 is 0. The Morgan fingerprint density at radius 2 is 2.70 bits per heavy atom. The van der Waals surface area contributed by atoms with E-state index in [2.05, 4.69) is 20.2 Å². The van der Waals surface area contributed by atoms with E-state index in [1.807, 2.05) is 0 Å². The third kappa shape index (κ3) is 1.46. The van der Waals surface area contributed by atoms with Gasteiger partial charge < -0.3 is 0 Å². The van der Waals surface area contributed by atoms with Crippen molar-refractivity contribution in [3.8, 4) is 0 Å². The Balaban J connectivity index is 2.66. The zero-order valence-electron chi connectivity index (χ0n) is 5.47. The number of rotatable bonds is 2. The molecule has 0 aliphatic heterocycles. The Hall–Kier alpha value is -1.55. The van der Waals surface area contributed by atoms with E-state index in [-0.39, 0.29) is 6.54 Å². The van der Waals surface area contributed by atoms with Crippen LogP contribution in [0.25, 0.3) is 10.4 Å². The average molecular weight is 138 g/mol. The highest BCUT2D eigenvalue weighted by molar-refractivity contribution is 4.89. The van der Waals surface area contributed by atoms with Crippen LogP contribution in [0, 0.1) is 0 Å². The van der Waals surface area contributed by atoms with Gasteiger partial charge in [0.05, 0.1) is 18.4 Å². The van der Waals surface area contributed by atoms with Gasteiger partial charge in [0.2, 0.25) is 0 Å². The monoisotopic (exact) mass is 138 g/mol. The quantitative estimate of drug-likeness (QED) is 0.341. The molecule has 1 aromatic rings. The fraction of sp³-hybridized carbons (Fsp3) is 0.500. The molecule has 6 nitrogen and oxygen atoms in total. The van der Waals surface area contributed by atoms with Gasteiger partial charge in [0.25, 0.3) is 0 Å². The van der Waals surface area contributed by atoms with E-state index < -0.39 is 0 Å². The van der Waals surface area contributed by atoms with Crippen molar-refractivity contribution < 1.29 is 0 Å². The van der Waals surface area contributed by atoms with Crippen molar-refractivity contribution in [3.05, 3.63) is 22.3 Å². The van der Waals surface area contributed by atoms with Crippen LogP contribution in [0.1, 0.15) is 5.69 Å². The number of aryl methyl sites for hydroxylation is 1. The second-order valence-electron chi connectivity index (χ2n) is 1.71. The minimum absolute atomic E-state index is 0.268. The molecule has 0 aromatic carbocycles. The fourth-order valence-corrected chi connectivity index (χ4v) is 0.564. The molecule has 1 aromatic heterocycles. The lowest BCUT2D eigenvalue weighted by Crippen LogP contribution is -1.92. The first-order valence-electron chi connectivity index (χ1n) is 2.69. The Labute approximate surface area is 57.1 Å². The van der Waals surface area contributed by atoms with E-state index >= 15 is 0 Å². The summed E-state index contributed by atoms with van der Waals surface area (Å²) in [4.78, 5) is 4.01. The van der Waals surface area contributed by atoms with E-state index in [1.54, 1.807) is 13.2 Å². The Bertz CT molecular complexity index is 256. The highest BCUT2D eigenvalue weighted by atomic mass is 15.4. The Morgan fingerprint density at radius 1 is 1.90 bits per heavy atom. The average Bonchev–Trinajstić information content (AvgIpc) is 2.31. The van der Waals surface area contributed by atoms with Crippen molar-refractivity contribution in [1.29, 1.82) is 0 Å². The van der Waals surface area contributed by atoms with Crippen LogP contribution in [0.15, 0.2) is 11.3 Å². The summed E-state index contributed by atoms with van der Waals surface area (Å²) in [6, 6.07) is 0. The van der Waals surface area contributed by atoms with Crippen molar-refractivity contribution in [2.75, 3.05) is 0 Å². The molecule has 1 rings (SSSR count). The van der Waals surface area contributed by atoms with E-state index in [1.165, 1.54) is 4.80 Å². The first-order chi connectivity index (χ1) is 4.83. The lowest BCUT2D eigenvalue weighted by Gasteiger charge is -1.81. The molecule has 0 aliphatic rings. The molecular formula is C4H6N6. The second kappa shape index (κ2) is 2.84. The van der Waals surface area contributed by atoms with Crippen LogP contribution in [0.2, 0.25) is 0 Å². The molecule has 0 amide bonds. The maximum Gasteiger partial charge on any atom is 0.0885 e. The lowest BCUT2D eigenvalue weighted by molar-refractivity contribution is 0.645. The van der Waals surface area contributed by atoms with Crippen molar-refractivity contribution >= 4 is 0 Å². The van der Waals surface area contributed by atoms with Crippen molar-refractivity contribution in [3.63, 3.8) is 0 Å². The summed E-state index contributed by atoms with van der Waals surface area (Å²) in [6.45, 7) is 0.268. The van der Waals surface area contributed by atoms with Crippen LogP contribution in [0.5, 0.6) is 0 Å². The zero-order chi connectivity index (χ0) is 7.40. The maximum atomic E-state index is 7.94. The number of azide groups is 1. The van der Waals surface area contributed by atoms with Crippen LogP contribution in [-0.2, 0) is 13.6 Å². The molecule has 0 N–H and O–H groups in total. The van der Waals surface area contributed by atoms with Crippen molar-refractivity contribution in [2.24, 2.45) is 12.2 Å². The predicted octanol–water partition coefficient (Wildman–Crippen LogP) is 0.625. The molecule has 0 saturated heterocycles. The van der Waals surface area contributed by atoms with E-state index in [0.717, 1.165) is 0 Å². The van der Waals surface area contributed by atoms with Gasteiger partial charge in [-0.3, -0.25) is 0 Å². The van der Waals surface area contributed by atoms with E-state index in [0.29, 0.717) is 5.69 Å². The van der Waals surface area contributed by atoms with E-state index in [4.69, 9.17) is 5.53 Å². The molecule has 0 spiro atoms. The third-order valence-electron chi connectivity index (χ3n) is 0.943. The third-order valence-corrected chi connectivity index (χ3v) is 0.943. The summed E-state index contributed by atoms with van der Waals surface area (Å²) >= 11 is 0. The number of nitrogens with zero attached hydrogens (tertiary/aromatic N) is 6. The van der Waals surface area contributed by atoms with Crippen LogP contribution >= 0.6 is 0 Å². The number of hydrogen-bond acceptors (Lipinski definition) is 3. The molecule has 10 heavy (non-hydrogen) atoms. The first kappa shape index (κ1) is 6.57. The van der Waals surface area contributed by atoms with Gasteiger partial charge in [-0.15, -0.1) is 0 Å². The van der Waals surface area contributed by atoms with Gasteiger partial charge in [-0.25, -0.2) is 0 Å². The van der Waals surface area contributed by atoms with Crippen LogP contribution in [0.4, 0.5) is 0 Å². The standard InChI is InChI=1S/C4H6N6/c1-10-7-3-4(8-10)2-6-9-5/h3H,2H2,1H3. The lowest BCUT2D eigenvalue weighted by atomic mass is 10.5. The summed E-state index contributed by atoms with van der Waals surface area (Å²) in [7, 11) is 1.71. The molecule has 1 heterocycles. The smallest absolute Gasteiger partial charge is 0.0885 e. The van der Waals surface area contributed by atoms with Gasteiger partial charge in [0, 0.05) is 12.0 Å². The number of hydrogen-bond donors (Lipinski definition) is 0. The van der Waals surface area contributed by atoms with Crippen molar-refractivity contribution in [2.45, 2.75) is 6.54 Å². The summed E-state index contributed by atoms with van der Waals surface area (Å²) in [6.07, 6.45) is 1.56. The minimum Gasteiger partial charge on any atom is -0.188 e. The molecule has 0 aliphatic carbocycles. The van der Waals surface area contributed by atoms with Gasteiger partial charge in [0.15, 0.2) is 0 Å². The zero-order valence-corrected chi connectivity index (χ0v) is 5.47. The normalized spacial score (nSPS) is 8.90. The largest absolute Gasteiger partial charge is 0.188 e. The molecular weight excluding hydrogens is 132 g/mol. The van der Waals surface area contributed by atoms with Crippen LogP contribution in [-0.4, -0.2) is 15.0 Å². The molecule has 0 unspecified atom stereocenters. The van der Waals surface area contributed by atoms with Gasteiger partial charge in [-0.05, 0) is 5.53 Å². The summed E-state index contributed by atoms with van der Waals surface area (Å²) in [5, 5.41) is 11.0.